The largest absolute Gasteiger partial charge is 0.392 e. The van der Waals surface area contributed by atoms with Crippen molar-refractivity contribution >= 4 is 10.9 Å². The van der Waals surface area contributed by atoms with Crippen LogP contribution in [0.25, 0.3) is 10.9 Å². The van der Waals surface area contributed by atoms with Crippen LogP contribution in [-0.4, -0.2) is 14.9 Å². The van der Waals surface area contributed by atoms with Crippen molar-refractivity contribution in [3.8, 4) is 0 Å². The molecule has 0 atom stereocenters. The zero-order valence-corrected chi connectivity index (χ0v) is 7.78. The molecule has 0 radical (unpaired) electrons. The molecule has 2 rings (SSSR count). The van der Waals surface area contributed by atoms with E-state index >= 15 is 0 Å². The fourth-order valence-electron chi connectivity index (χ4n) is 1.61. The summed E-state index contributed by atoms with van der Waals surface area (Å²) in [6, 6.07) is 4.04. The van der Waals surface area contributed by atoms with E-state index in [9.17, 15) is 0 Å². The highest BCUT2D eigenvalue weighted by molar-refractivity contribution is 5.82. The molecule has 0 unspecified atom stereocenters. The van der Waals surface area contributed by atoms with Crippen LogP contribution in [0.3, 0.4) is 0 Å². The van der Waals surface area contributed by atoms with Crippen LogP contribution in [0.15, 0.2) is 18.3 Å². The first-order valence-electron chi connectivity index (χ1n) is 4.24. The highest BCUT2D eigenvalue weighted by Gasteiger charge is 2.04. The zero-order valence-electron chi connectivity index (χ0n) is 7.78. The number of aryl methyl sites for hydroxylation is 2. The van der Waals surface area contributed by atoms with Gasteiger partial charge in [-0.2, -0.15) is 5.10 Å². The molecule has 2 aromatic rings. The Labute approximate surface area is 76.6 Å². The Morgan fingerprint density at radius 2 is 2.23 bits per heavy atom. The van der Waals surface area contributed by atoms with E-state index in [1.165, 1.54) is 0 Å². The Hall–Kier alpha value is -1.35. The maximum atomic E-state index is 9.12. The molecule has 1 aromatic carbocycles. The summed E-state index contributed by atoms with van der Waals surface area (Å²) in [6.45, 7) is 2.07. The molecule has 3 nitrogen and oxygen atoms in total. The van der Waals surface area contributed by atoms with Gasteiger partial charge >= 0.3 is 0 Å². The van der Waals surface area contributed by atoms with E-state index in [4.69, 9.17) is 5.11 Å². The number of aliphatic hydroxyl groups is 1. The molecule has 0 aliphatic rings. The molecule has 1 aromatic heterocycles. The van der Waals surface area contributed by atoms with Crippen LogP contribution in [0, 0.1) is 6.92 Å². The minimum absolute atomic E-state index is 0.0508. The number of hydrogen-bond donors (Lipinski definition) is 1. The van der Waals surface area contributed by atoms with Gasteiger partial charge in [0.2, 0.25) is 0 Å². The second-order valence-electron chi connectivity index (χ2n) is 3.32. The highest BCUT2D eigenvalue weighted by atomic mass is 16.3. The van der Waals surface area contributed by atoms with Gasteiger partial charge in [0.1, 0.15) is 0 Å². The molecule has 1 heterocycles. The van der Waals surface area contributed by atoms with Crippen LogP contribution in [0.2, 0.25) is 0 Å². The third-order valence-electron chi connectivity index (χ3n) is 2.12. The number of fused-ring (bicyclic) bond motifs is 1. The summed E-state index contributed by atoms with van der Waals surface area (Å²) in [6.07, 6.45) is 1.96. The minimum Gasteiger partial charge on any atom is -0.392 e. The van der Waals surface area contributed by atoms with E-state index in [0.717, 1.165) is 22.0 Å². The summed E-state index contributed by atoms with van der Waals surface area (Å²) in [5, 5.41) is 14.5. The average molecular weight is 176 g/mol. The van der Waals surface area contributed by atoms with Crippen molar-refractivity contribution in [3.05, 3.63) is 29.5 Å². The summed E-state index contributed by atoms with van der Waals surface area (Å²) in [5.74, 6) is 0. The fraction of sp³-hybridized carbons (Fsp3) is 0.300. The molecular weight excluding hydrogens is 164 g/mol. The van der Waals surface area contributed by atoms with Crippen LogP contribution in [0.1, 0.15) is 11.1 Å². The number of hydrogen-bond acceptors (Lipinski definition) is 2. The summed E-state index contributed by atoms with van der Waals surface area (Å²) in [7, 11) is 1.89. The molecule has 1 N–H and O–H groups in total. The Morgan fingerprint density at radius 1 is 1.46 bits per heavy atom. The fourth-order valence-corrected chi connectivity index (χ4v) is 1.61. The van der Waals surface area contributed by atoms with Crippen LogP contribution >= 0.6 is 0 Å². The molecule has 68 valence electrons. The van der Waals surface area contributed by atoms with Gasteiger partial charge in [-0.15, -0.1) is 0 Å². The number of benzene rings is 1. The van der Waals surface area contributed by atoms with Gasteiger partial charge in [0.05, 0.1) is 12.1 Å². The first kappa shape index (κ1) is 8.26. The predicted octanol–water partition coefficient (Wildman–Crippen LogP) is 1.37. The van der Waals surface area contributed by atoms with Gasteiger partial charge in [-0.05, 0) is 18.6 Å². The summed E-state index contributed by atoms with van der Waals surface area (Å²) < 4.78 is 1.77. The monoisotopic (exact) mass is 176 g/mol. The van der Waals surface area contributed by atoms with E-state index in [-0.39, 0.29) is 6.61 Å². The van der Waals surface area contributed by atoms with Crippen LogP contribution in [-0.2, 0) is 13.7 Å². The third kappa shape index (κ3) is 1.31. The maximum absolute atomic E-state index is 9.12. The Bertz CT molecular complexity index is 445. The number of nitrogens with zero attached hydrogens (tertiary/aromatic N) is 2. The van der Waals surface area contributed by atoms with Gasteiger partial charge < -0.3 is 5.11 Å². The molecule has 0 saturated heterocycles. The van der Waals surface area contributed by atoms with Crippen LogP contribution in [0.5, 0.6) is 0 Å². The summed E-state index contributed by atoms with van der Waals surface area (Å²) in [4.78, 5) is 0. The zero-order chi connectivity index (χ0) is 9.42. The van der Waals surface area contributed by atoms with E-state index in [0.29, 0.717) is 0 Å². The molecule has 0 aliphatic heterocycles. The van der Waals surface area contributed by atoms with Gasteiger partial charge in [0.25, 0.3) is 0 Å². The normalized spacial score (nSPS) is 11.0. The smallest absolute Gasteiger partial charge is 0.0978 e. The van der Waals surface area contributed by atoms with Crippen molar-refractivity contribution in [2.75, 3.05) is 0 Å². The predicted molar refractivity (Wildman–Crippen MR) is 51.4 cm³/mol. The van der Waals surface area contributed by atoms with Crippen molar-refractivity contribution in [3.63, 3.8) is 0 Å². The lowest BCUT2D eigenvalue weighted by Crippen LogP contribution is -1.89. The lowest BCUT2D eigenvalue weighted by atomic mass is 10.1. The van der Waals surface area contributed by atoms with Crippen molar-refractivity contribution in [2.24, 2.45) is 7.05 Å². The molecule has 0 saturated carbocycles. The topological polar surface area (TPSA) is 38.1 Å². The summed E-state index contributed by atoms with van der Waals surface area (Å²) >= 11 is 0. The van der Waals surface area contributed by atoms with Crippen molar-refractivity contribution in [1.29, 1.82) is 0 Å². The molecule has 0 fully saturated rings. The average Bonchev–Trinajstić information content (AvgIpc) is 2.43. The third-order valence-corrected chi connectivity index (χ3v) is 2.12. The van der Waals surface area contributed by atoms with Crippen LogP contribution in [0.4, 0.5) is 0 Å². The van der Waals surface area contributed by atoms with E-state index in [2.05, 4.69) is 11.2 Å². The number of aromatic nitrogens is 2. The van der Waals surface area contributed by atoms with Crippen molar-refractivity contribution in [1.82, 2.24) is 9.78 Å². The maximum Gasteiger partial charge on any atom is 0.0978 e. The van der Waals surface area contributed by atoms with Gasteiger partial charge in [-0.25, -0.2) is 0 Å². The molecule has 0 spiro atoms. The number of rotatable bonds is 1. The van der Waals surface area contributed by atoms with Crippen LogP contribution < -0.4 is 0 Å². The molecule has 13 heavy (non-hydrogen) atoms. The highest BCUT2D eigenvalue weighted by Crippen LogP contribution is 2.19. The molecule has 3 heteroatoms. The van der Waals surface area contributed by atoms with Gasteiger partial charge in [0, 0.05) is 24.2 Å². The standard InChI is InChI=1S/C10H12N2O/c1-7-3-8-5-12(2)11-10(8)9(4-7)6-13/h3-5,13H,6H2,1-2H3. The minimum atomic E-state index is 0.0508. The van der Waals surface area contributed by atoms with E-state index in [1.807, 2.05) is 26.2 Å². The molecule has 0 amide bonds. The van der Waals surface area contributed by atoms with E-state index < -0.39 is 0 Å². The van der Waals surface area contributed by atoms with Crippen molar-refractivity contribution in [2.45, 2.75) is 13.5 Å². The Balaban J connectivity index is 2.80. The van der Waals surface area contributed by atoms with Gasteiger partial charge in [-0.1, -0.05) is 6.07 Å². The second kappa shape index (κ2) is 2.85. The number of aliphatic hydroxyl groups excluding tert-OH is 1. The Morgan fingerprint density at radius 3 is 2.92 bits per heavy atom. The van der Waals surface area contributed by atoms with Gasteiger partial charge in [0.15, 0.2) is 0 Å². The van der Waals surface area contributed by atoms with Gasteiger partial charge in [-0.3, -0.25) is 4.68 Å². The second-order valence-corrected chi connectivity index (χ2v) is 3.32. The van der Waals surface area contributed by atoms with E-state index in [1.54, 1.807) is 4.68 Å². The molecular formula is C10H12N2O. The van der Waals surface area contributed by atoms with Crippen molar-refractivity contribution < 1.29 is 5.11 Å². The SMILES string of the molecule is Cc1cc(CO)c2nn(C)cc2c1. The first-order chi connectivity index (χ1) is 6.20. The molecule has 0 bridgehead atoms. The summed E-state index contributed by atoms with van der Waals surface area (Å²) in [5.41, 5.74) is 2.95. The molecule has 0 aliphatic carbocycles. The lowest BCUT2D eigenvalue weighted by Gasteiger charge is -1.98. The quantitative estimate of drug-likeness (QED) is 0.712. The Kier molecular flexibility index (Phi) is 1.81. The first-order valence-corrected chi connectivity index (χ1v) is 4.24. The lowest BCUT2D eigenvalue weighted by molar-refractivity contribution is 0.283.